The summed E-state index contributed by atoms with van der Waals surface area (Å²) < 4.78 is 23.2. The monoisotopic (exact) mass is 185 g/mol. The molecule has 0 fully saturated rings. The van der Waals surface area contributed by atoms with Crippen molar-refractivity contribution >= 4 is 10.0 Å². The van der Waals surface area contributed by atoms with Crippen LogP contribution in [0.4, 0.5) is 0 Å². The highest BCUT2D eigenvalue weighted by Gasteiger charge is 2.06. The van der Waals surface area contributed by atoms with Crippen LogP contribution in [0.2, 0.25) is 0 Å². The highest BCUT2D eigenvalue weighted by molar-refractivity contribution is 7.87. The third-order valence-corrected chi connectivity index (χ3v) is 2.93. The first kappa shape index (κ1) is 9.22. The van der Waals surface area contributed by atoms with E-state index >= 15 is 0 Å². The minimum Gasteiger partial charge on any atom is -0.285 e. The Morgan fingerprint density at radius 1 is 1.33 bits per heavy atom. The highest BCUT2D eigenvalue weighted by Crippen LogP contribution is 2.12. The van der Waals surface area contributed by atoms with E-state index in [9.17, 15) is 4.21 Å². The van der Waals surface area contributed by atoms with Gasteiger partial charge in [0.05, 0.1) is 12.0 Å². The van der Waals surface area contributed by atoms with Gasteiger partial charge < -0.3 is 0 Å². The molecule has 12 heavy (non-hydrogen) atoms. The molecular formula is C8H11NO2S. The van der Waals surface area contributed by atoms with Crippen molar-refractivity contribution in [1.82, 2.24) is 0 Å². The molecule has 3 nitrogen and oxygen atoms in total. The van der Waals surface area contributed by atoms with Crippen LogP contribution in [0.5, 0.6) is 0 Å². The third kappa shape index (κ3) is 1.84. The summed E-state index contributed by atoms with van der Waals surface area (Å²) in [5.41, 5.74) is 1.07. The number of hydrogen-bond acceptors (Lipinski definition) is 3. The van der Waals surface area contributed by atoms with Crippen molar-refractivity contribution in [2.24, 2.45) is 0 Å². The molecule has 1 unspecified atom stereocenters. The maximum absolute atomic E-state index is 11.3. The summed E-state index contributed by atoms with van der Waals surface area (Å²) in [5, 5.41) is 0. The van der Waals surface area contributed by atoms with Crippen molar-refractivity contribution in [2.75, 3.05) is 7.11 Å². The minimum atomic E-state index is -3.01. The Balaban J connectivity index is 3.14. The number of benzene rings is 1. The first-order valence-corrected chi connectivity index (χ1v) is 4.95. The van der Waals surface area contributed by atoms with E-state index in [0.717, 1.165) is 5.56 Å². The zero-order chi connectivity index (χ0) is 9.19. The molecule has 66 valence electrons. The Kier molecular flexibility index (Phi) is 2.49. The summed E-state index contributed by atoms with van der Waals surface area (Å²) in [6.45, 7) is 1.93. The van der Waals surface area contributed by atoms with Gasteiger partial charge in [-0.3, -0.25) is 4.18 Å². The van der Waals surface area contributed by atoms with Gasteiger partial charge >= 0.3 is 0 Å². The van der Waals surface area contributed by atoms with E-state index < -0.39 is 10.0 Å². The van der Waals surface area contributed by atoms with Crippen LogP contribution >= 0.6 is 0 Å². The molecule has 0 saturated carbocycles. The van der Waals surface area contributed by atoms with Gasteiger partial charge in [0, 0.05) is 0 Å². The molecule has 1 aromatic rings. The lowest BCUT2D eigenvalue weighted by Gasteiger charge is -2.03. The molecule has 0 radical (unpaired) electrons. The van der Waals surface area contributed by atoms with E-state index in [-0.39, 0.29) is 0 Å². The predicted molar refractivity (Wildman–Crippen MR) is 47.3 cm³/mol. The van der Waals surface area contributed by atoms with Crippen LogP contribution in [-0.4, -0.2) is 11.3 Å². The summed E-state index contributed by atoms with van der Waals surface area (Å²) in [4.78, 5) is 0.413. The van der Waals surface area contributed by atoms with Gasteiger partial charge in [0.25, 0.3) is 0 Å². The topological polar surface area (TPSA) is 50.1 Å². The lowest BCUT2D eigenvalue weighted by atomic mass is 10.2. The van der Waals surface area contributed by atoms with E-state index in [1.807, 2.05) is 19.1 Å². The van der Waals surface area contributed by atoms with Crippen LogP contribution in [0.25, 0.3) is 0 Å². The Morgan fingerprint density at radius 3 is 2.25 bits per heavy atom. The second kappa shape index (κ2) is 3.25. The standard InChI is InChI=1S/C8H11NO2S/c1-7-3-5-8(6-4-7)12(9,10)11-2/h3-6,9H,1-2H3. The molecule has 1 aromatic carbocycles. The first-order valence-electron chi connectivity index (χ1n) is 3.47. The van der Waals surface area contributed by atoms with Crippen LogP contribution < -0.4 is 0 Å². The molecule has 1 atom stereocenters. The van der Waals surface area contributed by atoms with Crippen LogP contribution in [0.3, 0.4) is 0 Å². The van der Waals surface area contributed by atoms with E-state index in [2.05, 4.69) is 4.18 Å². The van der Waals surface area contributed by atoms with Gasteiger partial charge in [0.2, 0.25) is 0 Å². The number of rotatable bonds is 2. The van der Waals surface area contributed by atoms with Gasteiger partial charge in [-0.1, -0.05) is 17.7 Å². The molecule has 4 heteroatoms. The zero-order valence-corrected chi connectivity index (χ0v) is 7.85. The zero-order valence-electron chi connectivity index (χ0n) is 7.03. The van der Waals surface area contributed by atoms with E-state index in [1.54, 1.807) is 12.1 Å². The SMILES string of the molecule is COS(=N)(=O)c1ccc(C)cc1. The average Bonchev–Trinajstić information content (AvgIpc) is 2.05. The molecule has 0 bridgehead atoms. The molecule has 0 saturated heterocycles. The number of aryl methyl sites for hydroxylation is 1. The fourth-order valence-electron chi connectivity index (χ4n) is 0.814. The maximum Gasteiger partial charge on any atom is 0.190 e. The Bertz CT molecular complexity index is 353. The van der Waals surface area contributed by atoms with Crippen molar-refractivity contribution in [3.63, 3.8) is 0 Å². The van der Waals surface area contributed by atoms with Gasteiger partial charge in [-0.25, -0.2) is 8.99 Å². The van der Waals surface area contributed by atoms with Crippen LogP contribution in [0.15, 0.2) is 29.2 Å². The summed E-state index contributed by atoms with van der Waals surface area (Å²) in [6, 6.07) is 6.91. The molecule has 0 aromatic heterocycles. The van der Waals surface area contributed by atoms with Crippen LogP contribution in [0.1, 0.15) is 5.56 Å². The normalized spacial score (nSPS) is 15.5. The summed E-state index contributed by atoms with van der Waals surface area (Å²) in [6.07, 6.45) is 0. The van der Waals surface area contributed by atoms with Crippen molar-refractivity contribution < 1.29 is 8.39 Å². The van der Waals surface area contributed by atoms with Crippen LogP contribution in [-0.2, 0) is 14.2 Å². The molecule has 1 N–H and O–H groups in total. The second-order valence-electron chi connectivity index (χ2n) is 2.48. The van der Waals surface area contributed by atoms with Gasteiger partial charge in [-0.2, -0.15) is 0 Å². The van der Waals surface area contributed by atoms with Crippen molar-refractivity contribution in [3.05, 3.63) is 29.8 Å². The fraction of sp³-hybridized carbons (Fsp3) is 0.250. The predicted octanol–water partition coefficient (Wildman–Crippen LogP) is 1.96. The Labute approximate surface area is 72.6 Å². The summed E-state index contributed by atoms with van der Waals surface area (Å²) in [7, 11) is -1.74. The smallest absolute Gasteiger partial charge is 0.190 e. The molecule has 0 spiro atoms. The second-order valence-corrected chi connectivity index (χ2v) is 4.29. The van der Waals surface area contributed by atoms with E-state index in [0.29, 0.717) is 4.90 Å². The van der Waals surface area contributed by atoms with Gasteiger partial charge in [-0.15, -0.1) is 0 Å². The Hall–Kier alpha value is -0.870. The molecule has 0 amide bonds. The van der Waals surface area contributed by atoms with Gasteiger partial charge in [0.15, 0.2) is 10.0 Å². The largest absolute Gasteiger partial charge is 0.285 e. The van der Waals surface area contributed by atoms with Crippen molar-refractivity contribution in [1.29, 1.82) is 4.78 Å². The van der Waals surface area contributed by atoms with Gasteiger partial charge in [-0.05, 0) is 19.1 Å². The number of nitrogens with one attached hydrogen (secondary N) is 1. The van der Waals surface area contributed by atoms with Gasteiger partial charge in [0.1, 0.15) is 0 Å². The van der Waals surface area contributed by atoms with E-state index in [4.69, 9.17) is 4.78 Å². The summed E-state index contributed by atoms with van der Waals surface area (Å²) >= 11 is 0. The van der Waals surface area contributed by atoms with Crippen LogP contribution in [0, 0.1) is 11.7 Å². The Morgan fingerprint density at radius 2 is 1.83 bits per heavy atom. The lowest BCUT2D eigenvalue weighted by Crippen LogP contribution is -2.00. The molecular weight excluding hydrogens is 174 g/mol. The highest BCUT2D eigenvalue weighted by atomic mass is 32.2. The maximum atomic E-state index is 11.3. The summed E-state index contributed by atoms with van der Waals surface area (Å²) in [5.74, 6) is 0. The van der Waals surface area contributed by atoms with Crippen molar-refractivity contribution in [2.45, 2.75) is 11.8 Å². The van der Waals surface area contributed by atoms with Crippen molar-refractivity contribution in [3.8, 4) is 0 Å². The molecule has 0 aliphatic heterocycles. The quantitative estimate of drug-likeness (QED) is 0.765. The number of hydrogen-bond donors (Lipinski definition) is 1. The molecule has 1 rings (SSSR count). The lowest BCUT2D eigenvalue weighted by molar-refractivity contribution is 0.434. The van der Waals surface area contributed by atoms with E-state index in [1.165, 1.54) is 7.11 Å². The average molecular weight is 185 g/mol. The fourth-order valence-corrected chi connectivity index (χ4v) is 1.50. The molecule has 0 aliphatic rings. The first-order chi connectivity index (χ1) is 5.56. The molecule has 0 aliphatic carbocycles. The minimum absolute atomic E-state index is 0.413. The third-order valence-electron chi connectivity index (χ3n) is 1.57. The molecule has 0 heterocycles.